The van der Waals surface area contributed by atoms with E-state index in [1.807, 2.05) is 68.0 Å². The molecule has 0 aliphatic carbocycles. The lowest BCUT2D eigenvalue weighted by molar-refractivity contribution is 0.609. The Morgan fingerprint density at radius 2 is 0.590 bits per heavy atom. The molecule has 0 radical (unpaired) electrons. The van der Waals surface area contributed by atoms with Crippen LogP contribution in [0.1, 0.15) is 101 Å². The molecule has 0 bridgehead atoms. The van der Waals surface area contributed by atoms with Gasteiger partial charge in [-0.05, 0) is 170 Å². The topological polar surface area (TPSA) is 9.86 Å². The Morgan fingerprint density at radius 1 is 0.269 bits per heavy atom. The normalized spacial score (nSPS) is 11.9. The second kappa shape index (κ2) is 23.3. The summed E-state index contributed by atoms with van der Waals surface area (Å²) in [5.41, 5.74) is 9.69. The first kappa shape index (κ1) is 51.3. The van der Waals surface area contributed by atoms with E-state index in [2.05, 4.69) is 205 Å². The van der Waals surface area contributed by atoms with Gasteiger partial charge in [0.05, 0.1) is 22.1 Å². The van der Waals surface area contributed by atoms with Crippen molar-refractivity contribution >= 4 is 112 Å². The van der Waals surface area contributed by atoms with E-state index in [4.69, 9.17) is 0 Å². The predicted molar refractivity (Wildman–Crippen MR) is 349 cm³/mol. The number of para-hydroxylation sites is 2. The number of hydrogen-bond acceptors (Lipinski definition) is 6. The summed E-state index contributed by atoms with van der Waals surface area (Å²) in [7, 11) is 0. The molecule has 5 aromatic carbocycles. The molecule has 13 rings (SSSR count). The molecular formula is C70H64N2S6. The Labute approximate surface area is 483 Å². The Balaban J connectivity index is 0.826. The van der Waals surface area contributed by atoms with Crippen molar-refractivity contribution in [3.8, 4) is 71.3 Å². The highest BCUT2D eigenvalue weighted by Crippen LogP contribution is 2.47. The van der Waals surface area contributed by atoms with Crippen molar-refractivity contribution in [2.75, 3.05) is 0 Å². The van der Waals surface area contributed by atoms with Crippen LogP contribution in [-0.4, -0.2) is 9.13 Å². The van der Waals surface area contributed by atoms with Gasteiger partial charge in [0.1, 0.15) is 0 Å². The number of thiophene rings is 6. The van der Waals surface area contributed by atoms with Crippen LogP contribution in [-0.2, 0) is 12.8 Å². The minimum Gasteiger partial charge on any atom is -0.309 e. The van der Waals surface area contributed by atoms with Gasteiger partial charge in [0.25, 0.3) is 0 Å². The van der Waals surface area contributed by atoms with Crippen molar-refractivity contribution in [1.82, 2.24) is 9.13 Å². The van der Waals surface area contributed by atoms with Crippen molar-refractivity contribution in [2.45, 2.75) is 104 Å². The third-order valence-corrected chi connectivity index (χ3v) is 23.0. The first-order chi connectivity index (χ1) is 38.6. The summed E-state index contributed by atoms with van der Waals surface area (Å²) in [6, 6.07) is 69.1. The lowest BCUT2D eigenvalue weighted by Crippen LogP contribution is -1.94. The van der Waals surface area contributed by atoms with Gasteiger partial charge in [0.15, 0.2) is 0 Å². The zero-order chi connectivity index (χ0) is 52.4. The van der Waals surface area contributed by atoms with Crippen molar-refractivity contribution < 1.29 is 0 Å². The van der Waals surface area contributed by atoms with E-state index in [1.165, 1.54) is 215 Å². The van der Waals surface area contributed by atoms with E-state index in [1.54, 1.807) is 0 Å². The lowest BCUT2D eigenvalue weighted by Gasteiger charge is -2.09. The SMILES string of the molecule is CCCCCCCCc1ccc(-c2ccc(-c3ccc(-c4ccc5c(c4)c4cc6c(cc4n5-c4ccccc4)c4cc(-c5ccc(-c7ccc(-c8ccc(CCCCCCCC)s8)s7)s5)ccc4n6-c4ccccc4)s3)s2)s1. The van der Waals surface area contributed by atoms with Gasteiger partial charge in [-0.3, -0.25) is 0 Å². The molecule has 78 heavy (non-hydrogen) atoms. The van der Waals surface area contributed by atoms with Gasteiger partial charge in [-0.25, -0.2) is 0 Å². The monoisotopic (exact) mass is 1120 g/mol. The van der Waals surface area contributed by atoms with Crippen molar-refractivity contribution in [1.29, 1.82) is 0 Å². The second-order valence-electron chi connectivity index (χ2n) is 20.9. The lowest BCUT2D eigenvalue weighted by atomic mass is 10.1. The van der Waals surface area contributed by atoms with Crippen LogP contribution in [0.2, 0.25) is 0 Å². The molecular weight excluding hydrogens is 1060 g/mol. The average molecular weight is 1130 g/mol. The van der Waals surface area contributed by atoms with Crippen molar-refractivity contribution in [3.05, 3.63) is 192 Å². The van der Waals surface area contributed by atoms with Crippen molar-refractivity contribution in [3.63, 3.8) is 0 Å². The summed E-state index contributed by atoms with van der Waals surface area (Å²) in [6.45, 7) is 4.59. The van der Waals surface area contributed by atoms with E-state index in [0.29, 0.717) is 0 Å². The van der Waals surface area contributed by atoms with Crippen LogP contribution >= 0.6 is 68.0 Å². The van der Waals surface area contributed by atoms with Gasteiger partial charge < -0.3 is 9.13 Å². The molecule has 0 aliphatic rings. The van der Waals surface area contributed by atoms with E-state index >= 15 is 0 Å². The molecule has 8 heterocycles. The summed E-state index contributed by atoms with van der Waals surface area (Å²) in [5.74, 6) is 0. The number of benzene rings is 5. The van der Waals surface area contributed by atoms with Crippen molar-refractivity contribution in [2.24, 2.45) is 0 Å². The Hall–Kier alpha value is -6.10. The first-order valence-corrected chi connectivity index (χ1v) is 33.2. The zero-order valence-electron chi connectivity index (χ0n) is 44.6. The largest absolute Gasteiger partial charge is 0.309 e. The molecule has 0 fully saturated rings. The molecule has 0 atom stereocenters. The number of hydrogen-bond donors (Lipinski definition) is 0. The zero-order valence-corrected chi connectivity index (χ0v) is 49.5. The van der Waals surface area contributed by atoms with E-state index in [9.17, 15) is 0 Å². The molecule has 0 saturated heterocycles. The van der Waals surface area contributed by atoms with Gasteiger partial charge in [-0.15, -0.1) is 68.0 Å². The Morgan fingerprint density at radius 3 is 0.987 bits per heavy atom. The molecule has 390 valence electrons. The molecule has 2 nitrogen and oxygen atoms in total. The number of nitrogens with zero attached hydrogens (tertiary/aromatic N) is 2. The minimum atomic E-state index is 1.17. The van der Waals surface area contributed by atoms with Gasteiger partial charge in [-0.2, -0.15) is 0 Å². The number of fused-ring (bicyclic) bond motifs is 6. The van der Waals surface area contributed by atoms with Crippen LogP contribution in [0.3, 0.4) is 0 Å². The van der Waals surface area contributed by atoms with Gasteiger partial charge in [-0.1, -0.05) is 127 Å². The van der Waals surface area contributed by atoms with Gasteiger partial charge in [0.2, 0.25) is 0 Å². The summed E-state index contributed by atoms with van der Waals surface area (Å²) in [5, 5.41) is 5.03. The molecule has 13 aromatic rings. The molecule has 0 unspecified atom stereocenters. The van der Waals surface area contributed by atoms with Crippen LogP contribution < -0.4 is 0 Å². The number of unbranched alkanes of at least 4 members (excludes halogenated alkanes) is 10. The number of aromatic nitrogens is 2. The maximum atomic E-state index is 2.48. The standard InChI is InChI=1S/C70H64N2S6/c1-3-5-7-9-11-19-25-51-29-33-63(73-51)65-39-41-69(77-65)67-37-35-61(75-67)47-27-31-57-53(43-47)55-45-60-56(46-59(55)71(57)49-21-15-13-16-22-49)54-44-48(28-32-58(54)72(60)50-23-17-14-18-24-50)62-36-38-68(76-62)70-42-40-66(78-70)64-34-30-52(74-64)26-20-12-10-8-6-4-2/h13-18,21-24,27-46H,3-12,19-20,25-26H2,1-2H3. The molecule has 0 N–H and O–H groups in total. The second-order valence-corrected chi connectivity index (χ2v) is 27.6. The van der Waals surface area contributed by atoms with Crippen LogP contribution in [0.4, 0.5) is 0 Å². The fourth-order valence-electron chi connectivity index (χ4n) is 11.5. The fraction of sp³-hybridized carbons (Fsp3) is 0.229. The highest BCUT2D eigenvalue weighted by atomic mass is 32.1. The maximum Gasteiger partial charge on any atom is 0.0548 e. The summed E-state index contributed by atoms with van der Waals surface area (Å²) < 4.78 is 4.96. The Kier molecular flexibility index (Phi) is 15.3. The van der Waals surface area contributed by atoms with Crippen LogP contribution in [0, 0.1) is 0 Å². The molecule has 0 amide bonds. The van der Waals surface area contributed by atoms with Crippen LogP contribution in [0.5, 0.6) is 0 Å². The molecule has 0 aliphatic heterocycles. The quantitative estimate of drug-likeness (QED) is 0.0599. The van der Waals surface area contributed by atoms with Crippen LogP contribution in [0.15, 0.2) is 182 Å². The third-order valence-electron chi connectivity index (χ3n) is 15.5. The van der Waals surface area contributed by atoms with E-state index < -0.39 is 0 Å². The smallest absolute Gasteiger partial charge is 0.0548 e. The first-order valence-electron chi connectivity index (χ1n) is 28.3. The third kappa shape index (κ3) is 10.5. The minimum absolute atomic E-state index is 1.17. The maximum absolute atomic E-state index is 2.48. The average Bonchev–Trinajstić information content (AvgIpc) is 4.47. The van der Waals surface area contributed by atoms with Gasteiger partial charge >= 0.3 is 0 Å². The summed E-state index contributed by atoms with van der Waals surface area (Å²) in [6.07, 6.45) is 18.5. The fourth-order valence-corrected chi connectivity index (χ4v) is 17.9. The molecule has 0 spiro atoms. The molecule has 8 heteroatoms. The Bertz CT molecular complexity index is 3870. The van der Waals surface area contributed by atoms with Gasteiger partial charge in [0, 0.05) is 91.4 Å². The van der Waals surface area contributed by atoms with E-state index in [-0.39, 0.29) is 0 Å². The predicted octanol–water partition coefficient (Wildman–Crippen LogP) is 24.1. The van der Waals surface area contributed by atoms with Crippen LogP contribution in [0.25, 0.3) is 115 Å². The summed E-state index contributed by atoms with van der Waals surface area (Å²) >= 11 is 11.6. The highest BCUT2D eigenvalue weighted by Gasteiger charge is 2.21. The van der Waals surface area contributed by atoms with E-state index in [0.717, 1.165) is 0 Å². The highest BCUT2D eigenvalue weighted by molar-refractivity contribution is 7.28. The number of rotatable bonds is 22. The molecule has 8 aromatic heterocycles. The number of aryl methyl sites for hydroxylation is 2. The molecule has 0 saturated carbocycles. The summed E-state index contributed by atoms with van der Waals surface area (Å²) in [4.78, 5) is 16.5.